The Morgan fingerprint density at radius 2 is 1.87 bits per heavy atom. The van der Waals surface area contributed by atoms with Crippen LogP contribution in [0.1, 0.15) is 81.9 Å². The second kappa shape index (κ2) is 11.5. The van der Waals surface area contributed by atoms with Gasteiger partial charge >= 0.3 is 0 Å². The number of benzene rings is 3. The summed E-state index contributed by atoms with van der Waals surface area (Å²) in [6.07, 6.45) is 2.42. The van der Waals surface area contributed by atoms with E-state index < -0.39 is 6.04 Å². The number of carbonyl (C=O) groups is 2. The van der Waals surface area contributed by atoms with E-state index in [0.29, 0.717) is 39.3 Å². The number of aryl methyl sites for hydroxylation is 1. The molecule has 232 valence electrons. The Morgan fingerprint density at radius 1 is 1.09 bits per heavy atom. The number of nitrogens with zero attached hydrogens (tertiary/aromatic N) is 4. The monoisotopic (exact) mass is 643 g/mol. The summed E-state index contributed by atoms with van der Waals surface area (Å²) < 4.78 is 7.57. The highest BCUT2D eigenvalue weighted by molar-refractivity contribution is 6.35. The van der Waals surface area contributed by atoms with E-state index in [-0.39, 0.29) is 17.7 Å². The third kappa shape index (κ3) is 4.82. The first-order valence-corrected chi connectivity index (χ1v) is 16.2. The second-order valence-corrected chi connectivity index (χ2v) is 13.1. The third-order valence-corrected chi connectivity index (χ3v) is 9.74. The number of carbonyl (C=O) groups excluding carboxylic acids is 2. The lowest BCUT2D eigenvalue weighted by Gasteiger charge is -2.36. The molecule has 0 radical (unpaired) electrons. The van der Waals surface area contributed by atoms with Gasteiger partial charge in [0, 0.05) is 34.8 Å². The van der Waals surface area contributed by atoms with E-state index in [1.54, 1.807) is 30.0 Å². The fourth-order valence-corrected chi connectivity index (χ4v) is 7.58. The lowest BCUT2D eigenvalue weighted by molar-refractivity contribution is 0.0948. The second-order valence-electron chi connectivity index (χ2n) is 12.3. The number of hydrogen-bond donors (Lipinski definition) is 1. The van der Waals surface area contributed by atoms with Crippen LogP contribution in [0, 0.1) is 6.92 Å². The van der Waals surface area contributed by atoms with E-state index in [1.807, 2.05) is 42.2 Å². The molecule has 1 fully saturated rings. The van der Waals surface area contributed by atoms with Crippen molar-refractivity contribution in [3.63, 3.8) is 0 Å². The van der Waals surface area contributed by atoms with Gasteiger partial charge in [0.1, 0.15) is 11.4 Å². The van der Waals surface area contributed by atoms with Crippen LogP contribution in [0.5, 0.6) is 5.75 Å². The maximum Gasteiger partial charge on any atom is 0.280 e. The summed E-state index contributed by atoms with van der Waals surface area (Å²) in [6, 6.07) is 14.5. The van der Waals surface area contributed by atoms with Gasteiger partial charge in [0.15, 0.2) is 5.69 Å². The molecule has 1 aromatic heterocycles. The van der Waals surface area contributed by atoms with E-state index in [0.717, 1.165) is 58.8 Å². The molecule has 4 aromatic rings. The molecule has 1 saturated heterocycles. The zero-order valence-electron chi connectivity index (χ0n) is 25.8. The van der Waals surface area contributed by atoms with Gasteiger partial charge in [0.05, 0.1) is 29.6 Å². The fourth-order valence-electron chi connectivity index (χ4n) is 7.15. The molecule has 7 rings (SSSR count). The maximum atomic E-state index is 14.4. The molecule has 45 heavy (non-hydrogen) atoms. The number of aromatic nitrogens is 2. The van der Waals surface area contributed by atoms with Crippen LogP contribution in [0.4, 0.5) is 5.69 Å². The minimum Gasteiger partial charge on any atom is -0.494 e. The lowest BCUT2D eigenvalue weighted by atomic mass is 9.84. The van der Waals surface area contributed by atoms with Gasteiger partial charge in [-0.1, -0.05) is 49.2 Å². The molecule has 8 nitrogen and oxygen atoms in total. The van der Waals surface area contributed by atoms with Crippen LogP contribution in [0.25, 0.3) is 16.8 Å². The van der Waals surface area contributed by atoms with Gasteiger partial charge in [-0.05, 0) is 91.9 Å². The number of rotatable bonds is 7. The van der Waals surface area contributed by atoms with Crippen LogP contribution < -0.4 is 15.0 Å². The van der Waals surface area contributed by atoms with Crippen LogP contribution in [0.15, 0.2) is 48.5 Å². The van der Waals surface area contributed by atoms with Crippen molar-refractivity contribution in [3.05, 3.63) is 92.2 Å². The van der Waals surface area contributed by atoms with E-state index in [1.165, 1.54) is 12.8 Å². The van der Waals surface area contributed by atoms with E-state index in [2.05, 4.69) is 24.1 Å². The van der Waals surface area contributed by atoms with Crippen molar-refractivity contribution in [2.75, 3.05) is 38.2 Å². The Bertz CT molecular complexity index is 1860. The van der Waals surface area contributed by atoms with Crippen LogP contribution in [-0.2, 0) is 0 Å². The summed E-state index contributed by atoms with van der Waals surface area (Å²) in [5, 5.41) is 9.19. The number of hydrogen-bond acceptors (Lipinski definition) is 5. The average molecular weight is 645 g/mol. The molecule has 1 N–H and O–H groups in total. The fraction of sp³-hybridized carbons (Fsp3) is 0.343. The predicted octanol–water partition coefficient (Wildman–Crippen LogP) is 7.18. The molecule has 0 spiro atoms. The minimum absolute atomic E-state index is 0.0192. The highest BCUT2D eigenvalue weighted by atomic mass is 35.5. The maximum absolute atomic E-state index is 14.4. The third-order valence-electron chi connectivity index (χ3n) is 9.19. The molecular formula is C35H35Cl2N5O3. The van der Waals surface area contributed by atoms with Gasteiger partial charge in [0.2, 0.25) is 0 Å². The number of amides is 2. The molecule has 0 bridgehead atoms. The highest BCUT2D eigenvalue weighted by Gasteiger charge is 2.49. The van der Waals surface area contributed by atoms with Crippen molar-refractivity contribution >= 4 is 40.7 Å². The molecule has 1 atom stereocenters. The minimum atomic E-state index is -0.418. The van der Waals surface area contributed by atoms with Crippen molar-refractivity contribution in [1.29, 1.82) is 0 Å². The SMILES string of the molecule is COc1ccc(C(=O)NCCN2CCCC2)cc1-n1nc2c(c1C(C)C)C1c3ccc(Cl)cc3-c3c(Cl)ccc(C)c3N1C2=O. The van der Waals surface area contributed by atoms with Gasteiger partial charge < -0.3 is 15.0 Å². The summed E-state index contributed by atoms with van der Waals surface area (Å²) in [5.74, 6) is 0.180. The number of nitrogens with one attached hydrogen (secondary N) is 1. The molecule has 3 aliphatic heterocycles. The van der Waals surface area contributed by atoms with E-state index >= 15 is 0 Å². The van der Waals surface area contributed by atoms with Gasteiger partial charge in [0.25, 0.3) is 11.8 Å². The topological polar surface area (TPSA) is 79.7 Å². The Hall–Kier alpha value is -3.85. The Kier molecular flexibility index (Phi) is 7.63. The summed E-state index contributed by atoms with van der Waals surface area (Å²) in [6.45, 7) is 9.73. The average Bonchev–Trinajstić information content (AvgIpc) is 3.75. The number of anilines is 1. The number of fused-ring (bicyclic) bond motifs is 8. The Labute approximate surface area is 272 Å². The van der Waals surface area contributed by atoms with Crippen molar-refractivity contribution < 1.29 is 14.3 Å². The Morgan fingerprint density at radius 3 is 2.60 bits per heavy atom. The number of halogens is 2. The predicted molar refractivity (Wildman–Crippen MR) is 177 cm³/mol. The first-order valence-electron chi connectivity index (χ1n) is 15.4. The zero-order chi connectivity index (χ0) is 31.6. The molecule has 0 aliphatic carbocycles. The molecular weight excluding hydrogens is 609 g/mol. The molecule has 2 amide bonds. The highest BCUT2D eigenvalue weighted by Crippen LogP contribution is 2.56. The summed E-state index contributed by atoms with van der Waals surface area (Å²) in [7, 11) is 1.60. The number of ether oxygens (including phenoxy) is 1. The van der Waals surface area contributed by atoms with Gasteiger partial charge in [-0.15, -0.1) is 0 Å². The van der Waals surface area contributed by atoms with Crippen molar-refractivity contribution in [2.45, 2.75) is 45.6 Å². The van der Waals surface area contributed by atoms with Crippen LogP contribution in [0.3, 0.4) is 0 Å². The lowest BCUT2D eigenvalue weighted by Crippen LogP contribution is -2.34. The van der Waals surface area contributed by atoms with Crippen molar-refractivity contribution in [3.8, 4) is 22.6 Å². The van der Waals surface area contributed by atoms with Crippen LogP contribution in [0.2, 0.25) is 10.0 Å². The van der Waals surface area contributed by atoms with Crippen LogP contribution in [-0.4, -0.2) is 59.8 Å². The summed E-state index contributed by atoms with van der Waals surface area (Å²) in [5.41, 5.74) is 7.55. The first kappa shape index (κ1) is 29.8. The largest absolute Gasteiger partial charge is 0.494 e. The molecule has 1 unspecified atom stereocenters. The molecule has 3 aliphatic rings. The first-order chi connectivity index (χ1) is 21.7. The molecule has 10 heteroatoms. The smallest absolute Gasteiger partial charge is 0.280 e. The van der Waals surface area contributed by atoms with Gasteiger partial charge in [-0.3, -0.25) is 14.5 Å². The van der Waals surface area contributed by atoms with Crippen LogP contribution >= 0.6 is 23.2 Å². The van der Waals surface area contributed by atoms with E-state index in [9.17, 15) is 9.59 Å². The van der Waals surface area contributed by atoms with Crippen molar-refractivity contribution in [2.24, 2.45) is 0 Å². The molecule has 4 heterocycles. The standard InChI is InChI=1S/C35H35Cl2N5O3/c1-19(2)31-29-30(35(44)41-32-20(3)7-11-25(37)28(32)24-18-22(36)9-10-23(24)33(29)41)39-42(31)26-17-21(8-12-27(26)45-4)34(43)38-13-16-40-14-5-6-15-40/h7-12,17-19,33H,5-6,13-16H2,1-4H3,(H,38,43). The molecule has 3 aromatic carbocycles. The molecule has 0 saturated carbocycles. The quantitative estimate of drug-likeness (QED) is 0.231. The number of methoxy groups -OCH3 is 1. The summed E-state index contributed by atoms with van der Waals surface area (Å²) >= 11 is 13.3. The van der Waals surface area contributed by atoms with Gasteiger partial charge in [-0.2, -0.15) is 5.10 Å². The normalized spacial score (nSPS) is 16.9. The summed E-state index contributed by atoms with van der Waals surface area (Å²) in [4.78, 5) is 31.9. The van der Waals surface area contributed by atoms with E-state index in [4.69, 9.17) is 33.0 Å². The number of likely N-dealkylation sites (tertiary alicyclic amines) is 1. The zero-order valence-corrected chi connectivity index (χ0v) is 27.3. The van der Waals surface area contributed by atoms with Crippen molar-refractivity contribution in [1.82, 2.24) is 20.0 Å². The van der Waals surface area contributed by atoms with Gasteiger partial charge in [-0.25, -0.2) is 4.68 Å². The Balaban J connectivity index is 1.35.